The monoisotopic (exact) mass is 500 g/mol. The van der Waals surface area contributed by atoms with Gasteiger partial charge in [0.25, 0.3) is 5.91 Å². The van der Waals surface area contributed by atoms with Crippen LogP contribution in [-0.4, -0.2) is 24.8 Å². The number of carbonyl (C=O) groups is 1. The molecule has 0 unspecified atom stereocenters. The number of rotatable bonds is 3. The molecule has 0 fully saturated rings. The lowest BCUT2D eigenvalue weighted by molar-refractivity contribution is -0.137. The van der Waals surface area contributed by atoms with E-state index >= 15 is 0 Å². The minimum atomic E-state index is -4.59. The van der Waals surface area contributed by atoms with Gasteiger partial charge in [-0.15, -0.1) is 0 Å². The molecule has 2 aromatic carbocycles. The number of amides is 1. The number of benzene rings is 2. The zero-order valence-electron chi connectivity index (χ0n) is 19.4. The SMILES string of the molecule is Cc1ccc(C(=O)Nc2cc(-n3ccnc3)cc(C(F)(F)F)c2)cc1C#Cc1cnc2c(N)cccn12. The Bertz CT molecular complexity index is 1690. The molecule has 37 heavy (non-hydrogen) atoms. The summed E-state index contributed by atoms with van der Waals surface area (Å²) in [6.45, 7) is 1.85. The summed E-state index contributed by atoms with van der Waals surface area (Å²) < 4.78 is 43.7. The summed E-state index contributed by atoms with van der Waals surface area (Å²) in [5.41, 5.74) is 8.67. The maximum atomic E-state index is 13.5. The Hall–Kier alpha value is -5.04. The van der Waals surface area contributed by atoms with Gasteiger partial charge in [0.1, 0.15) is 5.69 Å². The Morgan fingerprint density at radius 2 is 1.92 bits per heavy atom. The number of aromatic nitrogens is 4. The van der Waals surface area contributed by atoms with Crippen LogP contribution in [0.4, 0.5) is 24.5 Å². The highest BCUT2D eigenvalue weighted by atomic mass is 19.4. The molecular formula is C27H19F3N6O. The average molecular weight is 500 g/mol. The average Bonchev–Trinajstić information content (AvgIpc) is 3.54. The lowest BCUT2D eigenvalue weighted by Gasteiger charge is -2.14. The number of carbonyl (C=O) groups excluding carboxylic acids is 1. The van der Waals surface area contributed by atoms with Crippen molar-refractivity contribution in [2.24, 2.45) is 0 Å². The second-order valence-corrected chi connectivity index (χ2v) is 8.27. The van der Waals surface area contributed by atoms with E-state index in [0.717, 1.165) is 17.7 Å². The number of nitrogens with two attached hydrogens (primary N) is 1. The lowest BCUT2D eigenvalue weighted by Crippen LogP contribution is -2.14. The fraction of sp³-hybridized carbons (Fsp3) is 0.0741. The standard InChI is InChI=1S/C27H19F3N6O/c1-17-4-5-19(11-18(17)6-7-22-15-33-25-24(31)3-2-9-36(22)25)26(37)34-21-12-20(27(28,29)30)13-23(14-21)35-10-8-32-16-35/h2-5,8-16H,31H2,1H3,(H,34,37). The third-order valence-corrected chi connectivity index (χ3v) is 5.70. The second-order valence-electron chi connectivity index (χ2n) is 8.27. The Morgan fingerprint density at radius 3 is 2.68 bits per heavy atom. The molecule has 1 amide bonds. The Kier molecular flexibility index (Phi) is 5.89. The number of hydrogen-bond donors (Lipinski definition) is 2. The van der Waals surface area contributed by atoms with Gasteiger partial charge in [-0.05, 0) is 60.9 Å². The van der Waals surface area contributed by atoms with Gasteiger partial charge in [-0.2, -0.15) is 13.2 Å². The zero-order valence-corrected chi connectivity index (χ0v) is 19.4. The highest BCUT2D eigenvalue weighted by Crippen LogP contribution is 2.33. The van der Waals surface area contributed by atoms with Crippen LogP contribution in [0.1, 0.15) is 32.7 Å². The Morgan fingerprint density at radius 1 is 1.08 bits per heavy atom. The topological polar surface area (TPSA) is 90.2 Å². The van der Waals surface area contributed by atoms with Gasteiger partial charge in [0, 0.05) is 41.1 Å². The second kappa shape index (κ2) is 9.20. The summed E-state index contributed by atoms with van der Waals surface area (Å²) in [5, 5.41) is 2.57. The lowest BCUT2D eigenvalue weighted by atomic mass is 10.0. The summed E-state index contributed by atoms with van der Waals surface area (Å²) in [7, 11) is 0. The normalized spacial score (nSPS) is 11.2. The Labute approximate surface area is 209 Å². The van der Waals surface area contributed by atoms with Crippen LogP contribution in [0.15, 0.2) is 79.6 Å². The first kappa shape index (κ1) is 23.7. The van der Waals surface area contributed by atoms with Crippen molar-refractivity contribution in [3.05, 3.63) is 108 Å². The van der Waals surface area contributed by atoms with Gasteiger partial charge in [0.15, 0.2) is 5.65 Å². The summed E-state index contributed by atoms with van der Waals surface area (Å²) in [5.74, 6) is 5.53. The first-order chi connectivity index (χ1) is 17.7. The molecule has 3 N–H and O–H groups in total. The number of anilines is 2. The van der Waals surface area contributed by atoms with Crippen molar-refractivity contribution in [2.75, 3.05) is 11.1 Å². The number of nitrogens with one attached hydrogen (secondary N) is 1. The molecule has 0 aliphatic carbocycles. The minimum absolute atomic E-state index is 0.0000488. The molecule has 0 bridgehead atoms. The fourth-order valence-electron chi connectivity index (χ4n) is 3.77. The number of fused-ring (bicyclic) bond motifs is 1. The molecule has 7 nitrogen and oxygen atoms in total. The summed E-state index contributed by atoms with van der Waals surface area (Å²) in [4.78, 5) is 21.1. The number of hydrogen-bond acceptors (Lipinski definition) is 4. The Balaban J connectivity index is 1.45. The molecule has 3 aromatic heterocycles. The van der Waals surface area contributed by atoms with Crippen molar-refractivity contribution in [3.63, 3.8) is 0 Å². The van der Waals surface area contributed by atoms with Gasteiger partial charge in [0.2, 0.25) is 0 Å². The van der Waals surface area contributed by atoms with Crippen molar-refractivity contribution >= 4 is 22.9 Å². The summed E-state index contributed by atoms with van der Waals surface area (Å²) in [6.07, 6.45) is 3.16. The van der Waals surface area contributed by atoms with Gasteiger partial charge < -0.3 is 15.6 Å². The van der Waals surface area contributed by atoms with E-state index in [4.69, 9.17) is 5.73 Å². The number of aryl methyl sites for hydroxylation is 1. The van der Waals surface area contributed by atoms with Gasteiger partial charge in [-0.1, -0.05) is 12.0 Å². The quantitative estimate of drug-likeness (QED) is 0.338. The summed E-state index contributed by atoms with van der Waals surface area (Å²) >= 11 is 0. The fourth-order valence-corrected chi connectivity index (χ4v) is 3.77. The maximum Gasteiger partial charge on any atom is 0.416 e. The van der Waals surface area contributed by atoms with Crippen molar-refractivity contribution in [1.82, 2.24) is 18.9 Å². The van der Waals surface area contributed by atoms with Crippen LogP contribution in [-0.2, 0) is 6.18 Å². The molecule has 0 saturated carbocycles. The van der Waals surface area contributed by atoms with Gasteiger partial charge in [0.05, 0.1) is 23.8 Å². The van der Waals surface area contributed by atoms with E-state index in [-0.39, 0.29) is 16.9 Å². The van der Waals surface area contributed by atoms with Crippen molar-refractivity contribution < 1.29 is 18.0 Å². The molecule has 0 saturated heterocycles. The van der Waals surface area contributed by atoms with Gasteiger partial charge >= 0.3 is 6.18 Å². The van der Waals surface area contributed by atoms with E-state index < -0.39 is 17.6 Å². The number of imidazole rings is 2. The molecule has 5 rings (SSSR count). The maximum absolute atomic E-state index is 13.5. The smallest absolute Gasteiger partial charge is 0.396 e. The van der Waals surface area contributed by atoms with E-state index in [1.165, 1.54) is 29.4 Å². The van der Waals surface area contributed by atoms with E-state index in [0.29, 0.717) is 22.6 Å². The van der Waals surface area contributed by atoms with Crippen LogP contribution in [0.2, 0.25) is 0 Å². The molecular weight excluding hydrogens is 481 g/mol. The first-order valence-electron chi connectivity index (χ1n) is 11.1. The van der Waals surface area contributed by atoms with Crippen LogP contribution < -0.4 is 11.1 Å². The molecule has 0 spiro atoms. The van der Waals surface area contributed by atoms with Gasteiger partial charge in [-0.3, -0.25) is 9.20 Å². The van der Waals surface area contributed by atoms with E-state index in [1.54, 1.807) is 47.1 Å². The van der Waals surface area contributed by atoms with E-state index in [2.05, 4.69) is 27.1 Å². The molecule has 0 aliphatic rings. The van der Waals surface area contributed by atoms with E-state index in [1.807, 2.05) is 6.92 Å². The molecule has 0 aliphatic heterocycles. The first-order valence-corrected chi connectivity index (χ1v) is 11.1. The third kappa shape index (κ3) is 4.88. The number of alkyl halides is 3. The summed E-state index contributed by atoms with van der Waals surface area (Å²) in [6, 6.07) is 11.8. The molecule has 0 atom stereocenters. The zero-order chi connectivity index (χ0) is 26.2. The number of pyridine rings is 1. The van der Waals surface area contributed by atoms with Crippen molar-refractivity contribution in [3.8, 4) is 17.5 Å². The van der Waals surface area contributed by atoms with Crippen LogP contribution in [0, 0.1) is 18.8 Å². The van der Waals surface area contributed by atoms with Crippen LogP contribution in [0.3, 0.4) is 0 Å². The van der Waals surface area contributed by atoms with Crippen molar-refractivity contribution in [1.29, 1.82) is 0 Å². The predicted octanol–water partition coefficient (Wildman–Crippen LogP) is 5.08. The largest absolute Gasteiger partial charge is 0.416 e. The number of halogens is 3. The highest BCUT2D eigenvalue weighted by molar-refractivity contribution is 6.04. The van der Waals surface area contributed by atoms with E-state index in [9.17, 15) is 18.0 Å². The highest BCUT2D eigenvalue weighted by Gasteiger charge is 2.31. The van der Waals surface area contributed by atoms with Crippen LogP contribution >= 0.6 is 0 Å². The minimum Gasteiger partial charge on any atom is -0.396 e. The molecule has 3 heterocycles. The predicted molar refractivity (Wildman–Crippen MR) is 133 cm³/mol. The molecule has 10 heteroatoms. The number of nitrogen functional groups attached to an aromatic ring is 1. The van der Waals surface area contributed by atoms with Crippen molar-refractivity contribution in [2.45, 2.75) is 13.1 Å². The van der Waals surface area contributed by atoms with Gasteiger partial charge in [-0.25, -0.2) is 9.97 Å². The third-order valence-electron chi connectivity index (χ3n) is 5.70. The van der Waals surface area contributed by atoms with Crippen LogP contribution in [0.25, 0.3) is 11.3 Å². The molecule has 0 radical (unpaired) electrons. The molecule has 184 valence electrons. The van der Waals surface area contributed by atoms with Crippen LogP contribution in [0.5, 0.6) is 0 Å². The number of nitrogens with zero attached hydrogens (tertiary/aromatic N) is 4. The molecule has 5 aromatic rings.